The van der Waals surface area contributed by atoms with Crippen LogP contribution in [0.1, 0.15) is 11.1 Å². The first-order valence-corrected chi connectivity index (χ1v) is 11.9. The van der Waals surface area contributed by atoms with E-state index < -0.39 is 14.2 Å². The van der Waals surface area contributed by atoms with Gasteiger partial charge in [-0.25, -0.2) is 4.79 Å². The molecular formula is C20H24O4Si. The molecule has 2 aromatic carbocycles. The summed E-state index contributed by atoms with van der Waals surface area (Å²) in [6.45, 7) is 7.13. The Morgan fingerprint density at radius 1 is 1.08 bits per heavy atom. The summed E-state index contributed by atoms with van der Waals surface area (Å²) in [7, 11) is -1.36. The Hall–Kier alpha value is -2.53. The van der Waals surface area contributed by atoms with Gasteiger partial charge in [-0.05, 0) is 29.8 Å². The van der Waals surface area contributed by atoms with E-state index >= 15 is 0 Å². The summed E-state index contributed by atoms with van der Waals surface area (Å²) in [6, 6.07) is 18.0. The molecule has 0 bridgehead atoms. The highest BCUT2D eigenvalue weighted by atomic mass is 28.3. The molecule has 0 aliphatic carbocycles. The quantitative estimate of drug-likeness (QED) is 0.396. The van der Waals surface area contributed by atoms with Gasteiger partial charge >= 0.3 is 6.16 Å². The molecule has 0 aliphatic rings. The van der Waals surface area contributed by atoms with Gasteiger partial charge in [0.2, 0.25) is 0 Å². The highest BCUT2D eigenvalue weighted by molar-refractivity contribution is 6.76. The third-order valence-electron chi connectivity index (χ3n) is 3.46. The maximum Gasteiger partial charge on any atom is 0.511 e. The number of ether oxygens (including phenoxy) is 2. The van der Waals surface area contributed by atoms with Crippen molar-refractivity contribution in [3.05, 3.63) is 71.8 Å². The molecule has 0 unspecified atom stereocenters. The zero-order chi connectivity index (χ0) is 18.3. The van der Waals surface area contributed by atoms with E-state index in [0.29, 0.717) is 23.7 Å². The van der Waals surface area contributed by atoms with Crippen LogP contribution < -0.4 is 4.74 Å². The van der Waals surface area contributed by atoms with Gasteiger partial charge in [-0.15, -0.1) is 0 Å². The lowest BCUT2D eigenvalue weighted by Gasteiger charge is -2.14. The maximum atomic E-state index is 11.0. The standard InChI is InChI=1S/C20H24O4Si/c1-25(2,3)13-12-19(24-20(21)22)17-10-7-11-18(14-17)23-15-16-8-5-4-6-9-16/h4-12,14H,13,15H2,1-3H3,(H,21,22)/b19-12+. The number of hydrogen-bond acceptors (Lipinski definition) is 3. The van der Waals surface area contributed by atoms with E-state index in [9.17, 15) is 4.79 Å². The van der Waals surface area contributed by atoms with E-state index in [2.05, 4.69) is 19.6 Å². The minimum atomic E-state index is -1.36. The number of carboxylic acid groups (broad SMARTS) is 1. The summed E-state index contributed by atoms with van der Waals surface area (Å²) in [5.41, 5.74) is 1.77. The van der Waals surface area contributed by atoms with Gasteiger partial charge in [0, 0.05) is 13.6 Å². The Morgan fingerprint density at radius 2 is 1.80 bits per heavy atom. The van der Waals surface area contributed by atoms with Gasteiger partial charge in [0.1, 0.15) is 18.1 Å². The van der Waals surface area contributed by atoms with Crippen LogP contribution in [0.4, 0.5) is 4.79 Å². The molecule has 1 N–H and O–H groups in total. The third kappa shape index (κ3) is 6.85. The predicted molar refractivity (Wildman–Crippen MR) is 102 cm³/mol. The molecule has 5 heteroatoms. The second-order valence-corrected chi connectivity index (χ2v) is 12.5. The van der Waals surface area contributed by atoms with Gasteiger partial charge in [0.05, 0.1) is 0 Å². The van der Waals surface area contributed by atoms with Crippen LogP contribution in [-0.4, -0.2) is 19.3 Å². The molecule has 0 aromatic heterocycles. The van der Waals surface area contributed by atoms with E-state index in [4.69, 9.17) is 14.6 Å². The van der Waals surface area contributed by atoms with Gasteiger partial charge in [-0.1, -0.05) is 62.1 Å². The molecule has 0 amide bonds. The number of allylic oxidation sites excluding steroid dienone is 1. The van der Waals surface area contributed by atoms with Gasteiger partial charge in [-0.3, -0.25) is 0 Å². The molecule has 0 radical (unpaired) electrons. The minimum absolute atomic E-state index is 0.361. The Morgan fingerprint density at radius 3 is 2.44 bits per heavy atom. The largest absolute Gasteiger partial charge is 0.511 e. The predicted octanol–water partition coefficient (Wildman–Crippen LogP) is 5.64. The number of hydrogen-bond donors (Lipinski definition) is 1. The first-order valence-electron chi connectivity index (χ1n) is 8.21. The van der Waals surface area contributed by atoms with Crippen LogP contribution in [0, 0.1) is 0 Å². The van der Waals surface area contributed by atoms with Crippen molar-refractivity contribution in [3.63, 3.8) is 0 Å². The average Bonchev–Trinajstić information content (AvgIpc) is 2.57. The van der Waals surface area contributed by atoms with E-state index in [0.717, 1.165) is 11.6 Å². The van der Waals surface area contributed by atoms with Crippen molar-refractivity contribution in [1.82, 2.24) is 0 Å². The fraction of sp³-hybridized carbons (Fsp3) is 0.250. The second-order valence-electron chi connectivity index (χ2n) is 7.00. The highest BCUT2D eigenvalue weighted by Crippen LogP contribution is 2.24. The van der Waals surface area contributed by atoms with Crippen molar-refractivity contribution < 1.29 is 19.4 Å². The van der Waals surface area contributed by atoms with E-state index in [1.54, 1.807) is 0 Å². The van der Waals surface area contributed by atoms with Crippen LogP contribution in [-0.2, 0) is 11.3 Å². The van der Waals surface area contributed by atoms with Crippen LogP contribution in [0.2, 0.25) is 25.7 Å². The molecule has 2 rings (SSSR count). The molecule has 0 heterocycles. The maximum absolute atomic E-state index is 11.0. The van der Waals surface area contributed by atoms with Crippen molar-refractivity contribution in [3.8, 4) is 5.75 Å². The third-order valence-corrected chi connectivity index (χ3v) is 4.89. The van der Waals surface area contributed by atoms with Crippen LogP contribution >= 0.6 is 0 Å². The summed E-state index contributed by atoms with van der Waals surface area (Å²) in [5.74, 6) is 1.04. The monoisotopic (exact) mass is 356 g/mol. The number of rotatable bonds is 7. The smallest absolute Gasteiger partial charge is 0.489 e. The normalized spacial score (nSPS) is 11.9. The minimum Gasteiger partial charge on any atom is -0.489 e. The van der Waals surface area contributed by atoms with Crippen LogP contribution in [0.5, 0.6) is 5.75 Å². The molecule has 25 heavy (non-hydrogen) atoms. The number of carbonyl (C=O) groups is 1. The van der Waals surface area contributed by atoms with Gasteiger partial charge < -0.3 is 14.6 Å². The van der Waals surface area contributed by atoms with E-state index in [1.165, 1.54) is 0 Å². The summed E-state index contributed by atoms with van der Waals surface area (Å²) in [6.07, 6.45) is 0.564. The highest BCUT2D eigenvalue weighted by Gasteiger charge is 2.14. The molecule has 0 aliphatic heterocycles. The summed E-state index contributed by atoms with van der Waals surface area (Å²) < 4.78 is 10.8. The van der Waals surface area contributed by atoms with E-state index in [1.807, 2.05) is 60.7 Å². The Bertz CT molecular complexity index is 733. The molecule has 0 spiro atoms. The second kappa shape index (κ2) is 8.53. The van der Waals surface area contributed by atoms with Crippen molar-refractivity contribution in [2.45, 2.75) is 32.3 Å². The van der Waals surface area contributed by atoms with Gasteiger partial charge in [0.25, 0.3) is 0 Å². The van der Waals surface area contributed by atoms with Crippen molar-refractivity contribution in [1.29, 1.82) is 0 Å². The lowest BCUT2D eigenvalue weighted by molar-refractivity contribution is 0.134. The van der Waals surface area contributed by atoms with Gasteiger partial charge in [-0.2, -0.15) is 0 Å². The fourth-order valence-electron chi connectivity index (χ4n) is 2.19. The van der Waals surface area contributed by atoms with E-state index in [-0.39, 0.29) is 0 Å². The Balaban J connectivity index is 2.16. The lowest BCUT2D eigenvalue weighted by Crippen LogP contribution is -2.18. The van der Waals surface area contributed by atoms with Crippen LogP contribution in [0.15, 0.2) is 60.7 Å². The van der Waals surface area contributed by atoms with Crippen molar-refractivity contribution in [2.75, 3.05) is 0 Å². The molecule has 0 saturated heterocycles. The zero-order valence-electron chi connectivity index (χ0n) is 14.9. The SMILES string of the molecule is C[Si](C)(C)C/C=C(/OC(=O)O)c1cccc(OCc2ccccc2)c1. The summed E-state index contributed by atoms with van der Waals surface area (Å²) >= 11 is 0. The van der Waals surface area contributed by atoms with Crippen LogP contribution in [0.25, 0.3) is 5.76 Å². The first-order chi connectivity index (χ1) is 11.8. The van der Waals surface area contributed by atoms with Gasteiger partial charge in [0.15, 0.2) is 0 Å². The molecule has 4 nitrogen and oxygen atoms in total. The summed E-state index contributed by atoms with van der Waals surface area (Å²) in [5, 5.41) is 9.01. The van der Waals surface area contributed by atoms with Crippen molar-refractivity contribution >= 4 is 20.0 Å². The first kappa shape index (κ1) is 18.8. The Kier molecular flexibility index (Phi) is 6.42. The molecule has 132 valence electrons. The molecular weight excluding hydrogens is 332 g/mol. The summed E-state index contributed by atoms with van der Waals surface area (Å²) in [4.78, 5) is 11.0. The molecule has 0 fully saturated rings. The molecule has 0 saturated carbocycles. The van der Waals surface area contributed by atoms with Crippen molar-refractivity contribution in [2.24, 2.45) is 0 Å². The molecule has 2 aromatic rings. The lowest BCUT2D eigenvalue weighted by atomic mass is 10.1. The number of benzene rings is 2. The Labute approximate surface area is 149 Å². The van der Waals surface area contributed by atoms with Crippen LogP contribution in [0.3, 0.4) is 0 Å². The average molecular weight is 356 g/mol. The topological polar surface area (TPSA) is 55.8 Å². The zero-order valence-corrected chi connectivity index (χ0v) is 15.9. The fourth-order valence-corrected chi connectivity index (χ4v) is 2.99. The molecule has 0 atom stereocenters.